The number of nitrogens with two attached hydrogens (primary N) is 1. The average Bonchev–Trinajstić information content (AvgIpc) is 2.35. The van der Waals surface area contributed by atoms with Crippen molar-refractivity contribution in [1.29, 1.82) is 0 Å². The van der Waals surface area contributed by atoms with Gasteiger partial charge in [-0.2, -0.15) is 0 Å². The van der Waals surface area contributed by atoms with E-state index in [1.165, 1.54) is 0 Å². The maximum atomic E-state index is 6.18. The fourth-order valence-corrected chi connectivity index (χ4v) is 2.14. The molecule has 1 atom stereocenters. The normalized spacial score (nSPS) is 12.9. The van der Waals surface area contributed by atoms with Gasteiger partial charge < -0.3 is 10.5 Å². The van der Waals surface area contributed by atoms with Crippen LogP contribution in [0, 0.1) is 5.92 Å². The molecule has 2 N–H and O–H groups in total. The summed E-state index contributed by atoms with van der Waals surface area (Å²) in [6.07, 6.45) is 2.04. The number of halogens is 1. The van der Waals surface area contributed by atoms with E-state index in [0.717, 1.165) is 36.6 Å². The van der Waals surface area contributed by atoms with Crippen molar-refractivity contribution < 1.29 is 4.74 Å². The highest BCUT2D eigenvalue weighted by Gasteiger charge is 2.12. The molecule has 1 rings (SSSR count). The number of ether oxygens (including phenoxy) is 1. The largest absolute Gasteiger partial charge is 0.381 e. The van der Waals surface area contributed by atoms with Gasteiger partial charge in [-0.25, -0.2) is 0 Å². The van der Waals surface area contributed by atoms with Gasteiger partial charge in [-0.3, -0.25) is 0 Å². The molecular weight excluding hydrogens is 246 g/mol. The topological polar surface area (TPSA) is 35.2 Å². The monoisotopic (exact) mass is 269 g/mol. The summed E-state index contributed by atoms with van der Waals surface area (Å²) < 4.78 is 5.64. The summed E-state index contributed by atoms with van der Waals surface area (Å²) in [5.74, 6) is 0.983. The molecule has 0 aliphatic heterocycles. The van der Waals surface area contributed by atoms with E-state index in [-0.39, 0.29) is 5.92 Å². The average molecular weight is 270 g/mol. The molecule has 0 spiro atoms. The van der Waals surface area contributed by atoms with Gasteiger partial charge in [0.1, 0.15) is 0 Å². The third-order valence-electron chi connectivity index (χ3n) is 3.08. The SMILES string of the molecule is CC(C)CCOCCC(CN)c1ccccc1Cl. The first-order valence-corrected chi connectivity index (χ1v) is 7.05. The van der Waals surface area contributed by atoms with Crippen LogP contribution in [0.4, 0.5) is 0 Å². The predicted molar refractivity (Wildman–Crippen MR) is 78.1 cm³/mol. The Kier molecular flexibility index (Phi) is 7.33. The summed E-state index contributed by atoms with van der Waals surface area (Å²) in [6, 6.07) is 7.91. The Morgan fingerprint density at radius 3 is 2.44 bits per heavy atom. The van der Waals surface area contributed by atoms with Crippen molar-refractivity contribution in [3.05, 3.63) is 34.9 Å². The first-order chi connectivity index (χ1) is 8.65. The summed E-state index contributed by atoms with van der Waals surface area (Å²) in [5.41, 5.74) is 6.96. The highest BCUT2D eigenvalue weighted by Crippen LogP contribution is 2.26. The van der Waals surface area contributed by atoms with Crippen LogP contribution < -0.4 is 5.73 Å². The Morgan fingerprint density at radius 1 is 1.17 bits per heavy atom. The third-order valence-corrected chi connectivity index (χ3v) is 3.42. The number of benzene rings is 1. The lowest BCUT2D eigenvalue weighted by atomic mass is 9.96. The Bertz CT molecular complexity index is 341. The van der Waals surface area contributed by atoms with Gasteiger partial charge in [0.2, 0.25) is 0 Å². The molecule has 0 amide bonds. The van der Waals surface area contributed by atoms with Crippen molar-refractivity contribution in [3.63, 3.8) is 0 Å². The molecule has 1 unspecified atom stereocenters. The second kappa shape index (κ2) is 8.52. The highest BCUT2D eigenvalue weighted by atomic mass is 35.5. The second-order valence-electron chi connectivity index (χ2n) is 5.04. The molecule has 0 aliphatic rings. The lowest BCUT2D eigenvalue weighted by molar-refractivity contribution is 0.117. The van der Waals surface area contributed by atoms with Crippen molar-refractivity contribution in [1.82, 2.24) is 0 Å². The minimum Gasteiger partial charge on any atom is -0.381 e. The molecule has 102 valence electrons. The zero-order valence-electron chi connectivity index (χ0n) is 11.4. The van der Waals surface area contributed by atoms with E-state index in [2.05, 4.69) is 13.8 Å². The quantitative estimate of drug-likeness (QED) is 0.728. The summed E-state index contributed by atoms with van der Waals surface area (Å²) in [5, 5.41) is 0.801. The first-order valence-electron chi connectivity index (χ1n) is 6.67. The molecular formula is C15H24ClNO. The van der Waals surface area contributed by atoms with Crippen molar-refractivity contribution in [2.24, 2.45) is 11.7 Å². The van der Waals surface area contributed by atoms with E-state index in [9.17, 15) is 0 Å². The van der Waals surface area contributed by atoms with Crippen LogP contribution in [0.5, 0.6) is 0 Å². The minimum atomic E-state index is 0.290. The van der Waals surface area contributed by atoms with Crippen LogP contribution in [0.3, 0.4) is 0 Å². The molecule has 0 aromatic heterocycles. The summed E-state index contributed by atoms with van der Waals surface area (Å²) >= 11 is 6.18. The Labute approximate surface area is 115 Å². The highest BCUT2D eigenvalue weighted by molar-refractivity contribution is 6.31. The van der Waals surface area contributed by atoms with Crippen molar-refractivity contribution in [2.45, 2.75) is 32.6 Å². The first kappa shape index (κ1) is 15.5. The Hall–Kier alpha value is -0.570. The van der Waals surface area contributed by atoms with Crippen LogP contribution in [-0.2, 0) is 4.74 Å². The van der Waals surface area contributed by atoms with Gasteiger partial charge in [-0.15, -0.1) is 0 Å². The fourth-order valence-electron chi connectivity index (χ4n) is 1.85. The van der Waals surface area contributed by atoms with Gasteiger partial charge in [-0.1, -0.05) is 43.6 Å². The molecule has 0 aliphatic carbocycles. The molecule has 3 heteroatoms. The third kappa shape index (κ3) is 5.38. The van der Waals surface area contributed by atoms with E-state index in [4.69, 9.17) is 22.1 Å². The Morgan fingerprint density at radius 2 is 1.83 bits per heavy atom. The Balaban J connectivity index is 2.36. The van der Waals surface area contributed by atoms with Crippen molar-refractivity contribution >= 4 is 11.6 Å². The van der Waals surface area contributed by atoms with E-state index in [0.29, 0.717) is 12.5 Å². The number of rotatable bonds is 8. The predicted octanol–water partition coefficient (Wildman–Crippen LogP) is 3.84. The van der Waals surface area contributed by atoms with Crippen LogP contribution in [0.15, 0.2) is 24.3 Å². The molecule has 0 saturated heterocycles. The maximum absolute atomic E-state index is 6.18. The van der Waals surface area contributed by atoms with Gasteiger partial charge in [-0.05, 0) is 42.9 Å². The molecule has 2 nitrogen and oxygen atoms in total. The van der Waals surface area contributed by atoms with E-state index < -0.39 is 0 Å². The summed E-state index contributed by atoms with van der Waals surface area (Å²) in [4.78, 5) is 0. The van der Waals surface area contributed by atoms with E-state index >= 15 is 0 Å². The lowest BCUT2D eigenvalue weighted by Crippen LogP contribution is -2.15. The van der Waals surface area contributed by atoms with Gasteiger partial charge in [0, 0.05) is 18.2 Å². The molecule has 0 bridgehead atoms. The van der Waals surface area contributed by atoms with Crippen LogP contribution in [0.2, 0.25) is 5.02 Å². The summed E-state index contributed by atoms with van der Waals surface area (Å²) in [6.45, 7) is 6.60. The van der Waals surface area contributed by atoms with Crippen LogP contribution in [0.25, 0.3) is 0 Å². The molecule has 0 saturated carbocycles. The van der Waals surface area contributed by atoms with Gasteiger partial charge in [0.25, 0.3) is 0 Å². The fraction of sp³-hybridized carbons (Fsp3) is 0.600. The smallest absolute Gasteiger partial charge is 0.0472 e. The molecule has 1 aromatic rings. The maximum Gasteiger partial charge on any atom is 0.0472 e. The number of hydrogen-bond donors (Lipinski definition) is 1. The van der Waals surface area contributed by atoms with E-state index in [1.54, 1.807) is 0 Å². The van der Waals surface area contributed by atoms with Crippen molar-refractivity contribution in [2.75, 3.05) is 19.8 Å². The lowest BCUT2D eigenvalue weighted by Gasteiger charge is -2.16. The van der Waals surface area contributed by atoms with Crippen LogP contribution in [-0.4, -0.2) is 19.8 Å². The number of hydrogen-bond acceptors (Lipinski definition) is 2. The van der Waals surface area contributed by atoms with Crippen molar-refractivity contribution in [3.8, 4) is 0 Å². The molecule has 1 aromatic carbocycles. The van der Waals surface area contributed by atoms with Gasteiger partial charge >= 0.3 is 0 Å². The van der Waals surface area contributed by atoms with Crippen LogP contribution >= 0.6 is 11.6 Å². The molecule has 18 heavy (non-hydrogen) atoms. The van der Waals surface area contributed by atoms with Crippen LogP contribution in [0.1, 0.15) is 38.2 Å². The minimum absolute atomic E-state index is 0.290. The second-order valence-corrected chi connectivity index (χ2v) is 5.44. The van der Waals surface area contributed by atoms with Gasteiger partial charge in [0.15, 0.2) is 0 Å². The standard InChI is InChI=1S/C15H24ClNO/c1-12(2)7-9-18-10-8-13(11-17)14-5-3-4-6-15(14)16/h3-6,12-13H,7-11,17H2,1-2H3. The van der Waals surface area contributed by atoms with Gasteiger partial charge in [0.05, 0.1) is 0 Å². The zero-order valence-corrected chi connectivity index (χ0v) is 12.1. The van der Waals surface area contributed by atoms with E-state index in [1.807, 2.05) is 24.3 Å². The molecule has 0 heterocycles. The zero-order chi connectivity index (χ0) is 13.4. The molecule has 0 fully saturated rings. The summed E-state index contributed by atoms with van der Waals surface area (Å²) in [7, 11) is 0. The molecule has 0 radical (unpaired) electrons.